The van der Waals surface area contributed by atoms with Gasteiger partial charge in [0.1, 0.15) is 0 Å². The molecule has 1 aliphatic rings. The third-order valence-electron chi connectivity index (χ3n) is 4.83. The van der Waals surface area contributed by atoms with Gasteiger partial charge >= 0.3 is 0 Å². The number of anilines is 1. The maximum atomic E-state index is 12.4. The van der Waals surface area contributed by atoms with E-state index >= 15 is 0 Å². The Balaban J connectivity index is 1.37. The lowest BCUT2D eigenvalue weighted by Crippen LogP contribution is -2.29. The van der Waals surface area contributed by atoms with Crippen LogP contribution in [0.25, 0.3) is 11.3 Å². The Labute approximate surface area is 163 Å². The third kappa shape index (κ3) is 4.11. The summed E-state index contributed by atoms with van der Waals surface area (Å²) in [7, 11) is 0. The molecule has 4 rings (SSSR count). The van der Waals surface area contributed by atoms with Gasteiger partial charge in [-0.25, -0.2) is 0 Å². The maximum absolute atomic E-state index is 12.4. The van der Waals surface area contributed by atoms with Gasteiger partial charge in [-0.1, -0.05) is 47.6 Å². The molecule has 1 aliphatic heterocycles. The summed E-state index contributed by atoms with van der Waals surface area (Å²) in [5, 5.41) is 6.65. The number of nitrogens with one attached hydrogen (secondary N) is 1. The first-order chi connectivity index (χ1) is 13.7. The fourth-order valence-electron chi connectivity index (χ4n) is 3.27. The minimum absolute atomic E-state index is 0.158. The number of nitrogens with zero attached hydrogens (tertiary/aromatic N) is 2. The molecule has 2 heterocycles. The van der Waals surface area contributed by atoms with Gasteiger partial charge in [-0.2, -0.15) is 0 Å². The predicted molar refractivity (Wildman–Crippen MR) is 106 cm³/mol. The molecule has 0 unspecified atom stereocenters. The Bertz CT molecular complexity index is 958. The zero-order valence-electron chi connectivity index (χ0n) is 15.4. The summed E-state index contributed by atoms with van der Waals surface area (Å²) in [5.41, 5.74) is 2.66. The van der Waals surface area contributed by atoms with Crippen molar-refractivity contribution < 1.29 is 14.1 Å². The predicted octanol–water partition coefficient (Wildman–Crippen LogP) is 3.76. The summed E-state index contributed by atoms with van der Waals surface area (Å²) in [6.07, 6.45) is 2.56. The highest BCUT2D eigenvalue weighted by atomic mass is 16.5. The van der Waals surface area contributed by atoms with Gasteiger partial charge < -0.3 is 14.7 Å². The lowest BCUT2D eigenvalue weighted by Gasteiger charge is -2.15. The fourth-order valence-corrected chi connectivity index (χ4v) is 3.27. The number of hydrogen-bond donors (Lipinski definition) is 1. The van der Waals surface area contributed by atoms with Crippen LogP contribution in [0.3, 0.4) is 0 Å². The van der Waals surface area contributed by atoms with E-state index in [0.29, 0.717) is 17.9 Å². The Morgan fingerprint density at radius 3 is 2.43 bits per heavy atom. The molecule has 1 aromatic heterocycles. The Morgan fingerprint density at radius 1 is 1.00 bits per heavy atom. The Kier molecular flexibility index (Phi) is 5.19. The molecule has 0 bridgehead atoms. The second-order valence-electron chi connectivity index (χ2n) is 6.86. The molecule has 142 valence electrons. The van der Waals surface area contributed by atoms with E-state index in [-0.39, 0.29) is 17.5 Å². The van der Waals surface area contributed by atoms with Crippen molar-refractivity contribution in [3.63, 3.8) is 0 Å². The van der Waals surface area contributed by atoms with Crippen LogP contribution in [0, 0.1) is 0 Å². The van der Waals surface area contributed by atoms with Crippen molar-refractivity contribution in [1.29, 1.82) is 0 Å². The summed E-state index contributed by atoms with van der Waals surface area (Å²) in [5.74, 6) is 0.360. The van der Waals surface area contributed by atoms with Crippen molar-refractivity contribution in [3.8, 4) is 11.3 Å². The molecule has 1 N–H and O–H groups in total. The van der Waals surface area contributed by atoms with Gasteiger partial charge in [0, 0.05) is 30.4 Å². The average molecular weight is 375 g/mol. The number of carbonyl (C=O) groups excluding carboxylic acids is 2. The molecule has 0 atom stereocenters. The molecule has 0 aliphatic carbocycles. The van der Waals surface area contributed by atoms with E-state index in [1.54, 1.807) is 18.2 Å². The maximum Gasteiger partial charge on any atom is 0.277 e. The van der Waals surface area contributed by atoms with E-state index in [1.807, 2.05) is 47.4 Å². The molecular weight excluding hydrogens is 354 g/mol. The van der Waals surface area contributed by atoms with Crippen LogP contribution >= 0.6 is 0 Å². The van der Waals surface area contributed by atoms with Crippen molar-refractivity contribution in [1.82, 2.24) is 10.1 Å². The molecule has 1 saturated heterocycles. The number of carbonyl (C=O) groups is 2. The van der Waals surface area contributed by atoms with Gasteiger partial charge in [0.15, 0.2) is 11.5 Å². The lowest BCUT2D eigenvalue weighted by atomic mass is 10.1. The number of likely N-dealkylation sites (tertiary alicyclic amines) is 1. The molecule has 6 heteroatoms. The minimum atomic E-state index is -0.341. The number of aromatic nitrogens is 1. The zero-order valence-corrected chi connectivity index (χ0v) is 15.4. The van der Waals surface area contributed by atoms with Gasteiger partial charge in [0.25, 0.3) is 5.91 Å². The summed E-state index contributed by atoms with van der Waals surface area (Å²) < 4.78 is 5.27. The zero-order chi connectivity index (χ0) is 19.3. The van der Waals surface area contributed by atoms with Crippen LogP contribution in [0.2, 0.25) is 0 Å². The van der Waals surface area contributed by atoms with Crippen molar-refractivity contribution >= 4 is 17.5 Å². The first-order valence-corrected chi connectivity index (χ1v) is 9.39. The van der Waals surface area contributed by atoms with Crippen molar-refractivity contribution in [3.05, 3.63) is 71.9 Å². The molecule has 0 radical (unpaired) electrons. The SMILES string of the molecule is O=C(Nc1ccc(CC(=O)N2CCCC2)cc1)c1cc(-c2ccccc2)on1. The number of benzene rings is 2. The molecule has 1 fully saturated rings. The molecule has 2 aromatic carbocycles. The van der Waals surface area contributed by atoms with Crippen LogP contribution in [-0.4, -0.2) is 35.0 Å². The molecular formula is C22H21N3O3. The molecule has 2 amide bonds. The summed E-state index contributed by atoms with van der Waals surface area (Å²) >= 11 is 0. The highest BCUT2D eigenvalue weighted by Gasteiger charge is 2.18. The van der Waals surface area contributed by atoms with Crippen molar-refractivity contribution in [2.45, 2.75) is 19.3 Å². The van der Waals surface area contributed by atoms with Crippen LogP contribution in [-0.2, 0) is 11.2 Å². The lowest BCUT2D eigenvalue weighted by molar-refractivity contribution is -0.129. The van der Waals surface area contributed by atoms with E-state index in [4.69, 9.17) is 4.52 Å². The van der Waals surface area contributed by atoms with Crippen LogP contribution < -0.4 is 5.32 Å². The molecule has 0 saturated carbocycles. The third-order valence-corrected chi connectivity index (χ3v) is 4.83. The quantitative estimate of drug-likeness (QED) is 0.737. The van der Waals surface area contributed by atoms with E-state index < -0.39 is 0 Å². The van der Waals surface area contributed by atoms with E-state index in [0.717, 1.165) is 37.1 Å². The smallest absolute Gasteiger partial charge is 0.277 e. The van der Waals surface area contributed by atoms with E-state index in [2.05, 4.69) is 10.5 Å². The Hall–Kier alpha value is -3.41. The van der Waals surface area contributed by atoms with Crippen LogP contribution in [0.15, 0.2) is 65.2 Å². The van der Waals surface area contributed by atoms with E-state index in [9.17, 15) is 9.59 Å². The van der Waals surface area contributed by atoms with Gasteiger partial charge in [0.2, 0.25) is 5.91 Å². The highest BCUT2D eigenvalue weighted by molar-refractivity contribution is 6.03. The number of rotatable bonds is 5. The van der Waals surface area contributed by atoms with Gasteiger partial charge in [0.05, 0.1) is 6.42 Å². The number of hydrogen-bond acceptors (Lipinski definition) is 4. The van der Waals surface area contributed by atoms with Gasteiger partial charge in [-0.05, 0) is 30.5 Å². The second kappa shape index (κ2) is 8.08. The normalized spacial score (nSPS) is 13.5. The fraction of sp³-hybridized carbons (Fsp3) is 0.227. The Morgan fingerprint density at radius 2 is 1.71 bits per heavy atom. The summed E-state index contributed by atoms with van der Waals surface area (Å²) in [6.45, 7) is 1.71. The first kappa shape index (κ1) is 18.0. The monoisotopic (exact) mass is 375 g/mol. The van der Waals surface area contributed by atoms with Crippen LogP contribution in [0.1, 0.15) is 28.9 Å². The molecule has 3 aromatic rings. The summed E-state index contributed by atoms with van der Waals surface area (Å²) in [6, 6.07) is 18.4. The average Bonchev–Trinajstić information content (AvgIpc) is 3.42. The van der Waals surface area contributed by atoms with Gasteiger partial charge in [-0.3, -0.25) is 9.59 Å². The topological polar surface area (TPSA) is 75.4 Å². The van der Waals surface area contributed by atoms with Crippen LogP contribution in [0.5, 0.6) is 0 Å². The van der Waals surface area contributed by atoms with Crippen molar-refractivity contribution in [2.75, 3.05) is 18.4 Å². The standard InChI is InChI=1S/C22H21N3O3/c26-21(25-12-4-5-13-25)14-16-8-10-18(11-9-16)23-22(27)19-15-20(28-24-19)17-6-2-1-3-7-17/h1-3,6-11,15H,4-5,12-14H2,(H,23,27). The second-order valence-corrected chi connectivity index (χ2v) is 6.86. The molecule has 6 nitrogen and oxygen atoms in total. The largest absolute Gasteiger partial charge is 0.355 e. The number of amides is 2. The van der Waals surface area contributed by atoms with Crippen LogP contribution in [0.4, 0.5) is 5.69 Å². The molecule has 28 heavy (non-hydrogen) atoms. The van der Waals surface area contributed by atoms with Gasteiger partial charge in [-0.15, -0.1) is 0 Å². The minimum Gasteiger partial charge on any atom is -0.355 e. The first-order valence-electron chi connectivity index (χ1n) is 9.39. The van der Waals surface area contributed by atoms with Crippen molar-refractivity contribution in [2.24, 2.45) is 0 Å². The molecule has 0 spiro atoms. The van der Waals surface area contributed by atoms with E-state index in [1.165, 1.54) is 0 Å². The highest BCUT2D eigenvalue weighted by Crippen LogP contribution is 2.20. The summed E-state index contributed by atoms with van der Waals surface area (Å²) in [4.78, 5) is 26.5.